The van der Waals surface area contributed by atoms with Crippen molar-refractivity contribution in [3.8, 4) is 0 Å². The summed E-state index contributed by atoms with van der Waals surface area (Å²) >= 11 is 1.23. The van der Waals surface area contributed by atoms with Crippen molar-refractivity contribution in [2.75, 3.05) is 18.5 Å². The maximum atomic E-state index is 12.4. The van der Waals surface area contributed by atoms with Crippen molar-refractivity contribution in [2.45, 2.75) is 41.0 Å². The molecule has 3 aromatic rings. The lowest BCUT2D eigenvalue weighted by molar-refractivity contribution is -0.119. The first kappa shape index (κ1) is 23.3. The Balaban J connectivity index is 1.68. The zero-order valence-corrected chi connectivity index (χ0v) is 19.4. The highest BCUT2D eigenvalue weighted by molar-refractivity contribution is 7.15. The quantitative estimate of drug-likeness (QED) is 0.510. The molecule has 3 aromatic heterocycles. The number of amides is 1. The molecule has 11 heteroatoms. The highest BCUT2D eigenvalue weighted by Gasteiger charge is 2.23. The first-order valence-corrected chi connectivity index (χ1v) is 11.0. The second-order valence-corrected chi connectivity index (χ2v) is 8.47. The van der Waals surface area contributed by atoms with Gasteiger partial charge in [0.25, 0.3) is 17.5 Å². The number of esters is 2. The third-order valence-corrected chi connectivity index (χ3v) is 5.31. The number of ether oxygens (including phenoxy) is 2. The summed E-state index contributed by atoms with van der Waals surface area (Å²) in [6, 6.07) is 1.81. The molecule has 0 unspecified atom stereocenters. The van der Waals surface area contributed by atoms with Crippen LogP contribution in [0.3, 0.4) is 0 Å². The Morgan fingerprint density at radius 2 is 1.91 bits per heavy atom. The van der Waals surface area contributed by atoms with E-state index in [0.717, 1.165) is 17.0 Å². The minimum absolute atomic E-state index is 0.193. The van der Waals surface area contributed by atoms with E-state index in [0.29, 0.717) is 22.9 Å². The van der Waals surface area contributed by atoms with E-state index in [1.165, 1.54) is 15.9 Å². The molecule has 0 atom stereocenters. The molecule has 3 rings (SSSR count). The summed E-state index contributed by atoms with van der Waals surface area (Å²) in [5, 5.41) is 8.91. The van der Waals surface area contributed by atoms with E-state index >= 15 is 0 Å². The number of hydrogen-bond acceptors (Lipinski definition) is 9. The normalized spacial score (nSPS) is 11.1. The number of nitrogens with one attached hydrogen (secondary N) is 1. The first-order valence-electron chi connectivity index (χ1n) is 10.1. The topological polar surface area (TPSA) is 125 Å². The highest BCUT2D eigenvalue weighted by atomic mass is 32.1. The van der Waals surface area contributed by atoms with Crippen LogP contribution in [0.4, 0.5) is 5.00 Å². The zero-order chi connectivity index (χ0) is 23.4. The van der Waals surface area contributed by atoms with Gasteiger partial charge in [-0.25, -0.2) is 19.1 Å². The number of nitrogens with zero attached hydrogens (tertiary/aromatic N) is 4. The van der Waals surface area contributed by atoms with Crippen LogP contribution in [0.2, 0.25) is 0 Å². The molecule has 0 aliphatic heterocycles. The molecular weight excluding hydrogens is 434 g/mol. The fraction of sp³-hybridized carbons (Fsp3) is 0.429. The summed E-state index contributed by atoms with van der Waals surface area (Å²) < 4.78 is 11.6. The Kier molecular flexibility index (Phi) is 7.18. The molecule has 1 amide bonds. The molecule has 0 aliphatic rings. The number of hydrogen-bond donors (Lipinski definition) is 1. The first-order chi connectivity index (χ1) is 15.2. The minimum atomic E-state index is -0.847. The van der Waals surface area contributed by atoms with Gasteiger partial charge in [-0.1, -0.05) is 13.8 Å². The fourth-order valence-electron chi connectivity index (χ4n) is 3.11. The smallest absolute Gasteiger partial charge is 0.378 e. The van der Waals surface area contributed by atoms with Gasteiger partial charge in [-0.3, -0.25) is 4.79 Å². The largest absolute Gasteiger partial charge is 0.462 e. The summed E-state index contributed by atoms with van der Waals surface area (Å²) in [7, 11) is 0. The van der Waals surface area contributed by atoms with E-state index in [2.05, 4.69) is 20.4 Å². The Morgan fingerprint density at radius 1 is 1.16 bits per heavy atom. The van der Waals surface area contributed by atoms with Gasteiger partial charge < -0.3 is 14.8 Å². The van der Waals surface area contributed by atoms with E-state index in [9.17, 15) is 14.4 Å². The van der Waals surface area contributed by atoms with Gasteiger partial charge in [0.1, 0.15) is 5.00 Å². The fourth-order valence-corrected chi connectivity index (χ4v) is 4.09. The lowest BCUT2D eigenvalue weighted by Gasteiger charge is -2.10. The van der Waals surface area contributed by atoms with Crippen LogP contribution < -0.4 is 5.32 Å². The van der Waals surface area contributed by atoms with Crippen molar-refractivity contribution in [2.24, 2.45) is 5.92 Å². The van der Waals surface area contributed by atoms with Crippen molar-refractivity contribution < 1.29 is 23.9 Å². The summed E-state index contributed by atoms with van der Waals surface area (Å²) in [4.78, 5) is 45.4. The minimum Gasteiger partial charge on any atom is -0.462 e. The Hall–Kier alpha value is -3.34. The maximum absolute atomic E-state index is 12.4. The number of anilines is 1. The van der Waals surface area contributed by atoms with Crippen molar-refractivity contribution in [3.05, 3.63) is 39.8 Å². The number of thiophene rings is 1. The molecule has 0 spiro atoms. The lowest BCUT2D eigenvalue weighted by Crippen LogP contribution is -2.22. The predicted octanol–water partition coefficient (Wildman–Crippen LogP) is 2.97. The summed E-state index contributed by atoms with van der Waals surface area (Å²) in [5.74, 6) is -1.53. The molecule has 170 valence electrons. The van der Waals surface area contributed by atoms with E-state index in [1.54, 1.807) is 13.0 Å². The molecule has 0 aromatic carbocycles. The van der Waals surface area contributed by atoms with E-state index in [1.807, 2.05) is 33.1 Å². The van der Waals surface area contributed by atoms with Crippen molar-refractivity contribution in [1.29, 1.82) is 0 Å². The average Bonchev–Trinajstić information content (AvgIpc) is 3.30. The third-order valence-electron chi connectivity index (χ3n) is 4.36. The van der Waals surface area contributed by atoms with Gasteiger partial charge in [-0.05, 0) is 50.1 Å². The van der Waals surface area contributed by atoms with Crippen LogP contribution >= 0.6 is 11.3 Å². The SMILES string of the molecule is CCOC(=O)c1c(CC(C)C)csc1NC(=O)COC(=O)c1nc2nc(C)cc(C)n2n1. The molecule has 0 aliphatic carbocycles. The number of carbonyl (C=O) groups excluding carboxylic acids is 3. The Labute approximate surface area is 189 Å². The van der Waals surface area contributed by atoms with Gasteiger partial charge in [0.2, 0.25) is 0 Å². The van der Waals surface area contributed by atoms with Gasteiger partial charge in [0, 0.05) is 11.4 Å². The van der Waals surface area contributed by atoms with Crippen LogP contribution in [-0.4, -0.2) is 50.6 Å². The summed E-state index contributed by atoms with van der Waals surface area (Å²) in [6.45, 7) is 9.09. The second kappa shape index (κ2) is 9.86. The van der Waals surface area contributed by atoms with Crippen LogP contribution in [0.5, 0.6) is 0 Å². The second-order valence-electron chi connectivity index (χ2n) is 7.59. The lowest BCUT2D eigenvalue weighted by atomic mass is 10.0. The van der Waals surface area contributed by atoms with Crippen LogP contribution in [0.15, 0.2) is 11.4 Å². The molecule has 0 saturated carbocycles. The number of aryl methyl sites for hydroxylation is 2. The van der Waals surface area contributed by atoms with E-state index in [-0.39, 0.29) is 18.2 Å². The monoisotopic (exact) mass is 459 g/mol. The van der Waals surface area contributed by atoms with E-state index < -0.39 is 24.5 Å². The molecule has 32 heavy (non-hydrogen) atoms. The Bertz CT molecular complexity index is 1170. The maximum Gasteiger partial charge on any atom is 0.378 e. The average molecular weight is 460 g/mol. The van der Waals surface area contributed by atoms with Crippen LogP contribution in [0, 0.1) is 19.8 Å². The summed E-state index contributed by atoms with van der Waals surface area (Å²) in [5.41, 5.74) is 2.65. The number of carbonyl (C=O) groups is 3. The Morgan fingerprint density at radius 3 is 2.59 bits per heavy atom. The standard InChI is InChI=1S/C21H25N5O5S/c1-6-30-19(28)16-14(7-11(2)3)10-32-18(16)23-15(27)9-31-20(29)17-24-21-22-12(4)8-13(5)26(21)25-17/h8,10-11H,6-7,9H2,1-5H3,(H,23,27). The molecule has 0 bridgehead atoms. The number of fused-ring (bicyclic) bond motifs is 1. The van der Waals surface area contributed by atoms with Gasteiger partial charge in [-0.15, -0.1) is 16.4 Å². The molecular formula is C21H25N5O5S. The van der Waals surface area contributed by atoms with Gasteiger partial charge in [-0.2, -0.15) is 4.98 Å². The number of aromatic nitrogens is 4. The molecule has 0 radical (unpaired) electrons. The van der Waals surface area contributed by atoms with Gasteiger partial charge in [0.05, 0.1) is 12.2 Å². The molecule has 0 saturated heterocycles. The van der Waals surface area contributed by atoms with Gasteiger partial charge in [0.15, 0.2) is 6.61 Å². The van der Waals surface area contributed by atoms with Crippen LogP contribution in [0.1, 0.15) is 58.7 Å². The molecule has 1 N–H and O–H groups in total. The van der Waals surface area contributed by atoms with E-state index in [4.69, 9.17) is 9.47 Å². The molecule has 10 nitrogen and oxygen atoms in total. The predicted molar refractivity (Wildman–Crippen MR) is 118 cm³/mol. The summed E-state index contributed by atoms with van der Waals surface area (Å²) in [6.07, 6.45) is 0.669. The van der Waals surface area contributed by atoms with Gasteiger partial charge >= 0.3 is 11.9 Å². The highest BCUT2D eigenvalue weighted by Crippen LogP contribution is 2.31. The zero-order valence-electron chi connectivity index (χ0n) is 18.6. The van der Waals surface area contributed by atoms with Crippen molar-refractivity contribution in [3.63, 3.8) is 0 Å². The van der Waals surface area contributed by atoms with Crippen LogP contribution in [0.25, 0.3) is 5.78 Å². The van der Waals surface area contributed by atoms with Crippen LogP contribution in [-0.2, 0) is 20.7 Å². The molecule has 3 heterocycles. The third kappa shape index (κ3) is 5.28. The number of rotatable bonds is 8. The molecule has 0 fully saturated rings. The van der Waals surface area contributed by atoms with Crippen molar-refractivity contribution >= 4 is 40.0 Å². The van der Waals surface area contributed by atoms with Crippen molar-refractivity contribution in [1.82, 2.24) is 19.6 Å².